The largest absolute Gasteiger partial charge is 0.396 e. The third-order valence-electron chi connectivity index (χ3n) is 2.71. The van der Waals surface area contributed by atoms with E-state index in [1.54, 1.807) is 0 Å². The number of rotatable bonds is 9. The van der Waals surface area contributed by atoms with Crippen molar-refractivity contribution in [3.63, 3.8) is 0 Å². The van der Waals surface area contributed by atoms with Crippen molar-refractivity contribution in [2.75, 3.05) is 26.3 Å². The number of aliphatic hydroxyl groups excluding tert-OH is 2. The predicted molar refractivity (Wildman–Crippen MR) is 76.2 cm³/mol. The normalized spacial score (nSPS) is 14.3. The average Bonchev–Trinajstić information content (AvgIpc) is 2.40. The van der Waals surface area contributed by atoms with E-state index in [-0.39, 0.29) is 19.1 Å². The van der Waals surface area contributed by atoms with Crippen LogP contribution in [0.4, 0.5) is 0 Å². The molecule has 1 rings (SSSR count). The summed E-state index contributed by atoms with van der Waals surface area (Å²) >= 11 is 6.00. The summed E-state index contributed by atoms with van der Waals surface area (Å²) in [5.74, 6) is 0.191. The molecule has 0 radical (unpaired) electrons. The zero-order valence-electron chi connectivity index (χ0n) is 11.2. The van der Waals surface area contributed by atoms with Crippen LogP contribution in [0.3, 0.4) is 0 Å². The maximum Gasteiger partial charge on any atom is 0.0897 e. The Labute approximate surface area is 119 Å². The molecule has 4 nitrogen and oxygen atoms in total. The van der Waals surface area contributed by atoms with Crippen molar-refractivity contribution in [3.8, 4) is 0 Å². The second-order valence-corrected chi connectivity index (χ2v) is 5.11. The molecule has 0 spiro atoms. The summed E-state index contributed by atoms with van der Waals surface area (Å²) in [6.07, 6.45) is -0.562. The zero-order chi connectivity index (χ0) is 14.1. The van der Waals surface area contributed by atoms with Crippen molar-refractivity contribution in [3.05, 3.63) is 34.9 Å². The van der Waals surface area contributed by atoms with Crippen LogP contribution in [0, 0.1) is 5.92 Å². The second-order valence-electron chi connectivity index (χ2n) is 4.71. The number of aliphatic hydroxyl groups is 2. The smallest absolute Gasteiger partial charge is 0.0897 e. The van der Waals surface area contributed by atoms with E-state index in [2.05, 4.69) is 5.32 Å². The molecule has 0 aromatic heterocycles. The first kappa shape index (κ1) is 16.4. The van der Waals surface area contributed by atoms with Gasteiger partial charge < -0.3 is 20.3 Å². The Bertz CT molecular complexity index is 362. The van der Waals surface area contributed by atoms with Crippen LogP contribution in [0.1, 0.15) is 12.5 Å². The van der Waals surface area contributed by atoms with E-state index in [0.717, 1.165) is 5.56 Å². The molecule has 1 aromatic rings. The highest BCUT2D eigenvalue weighted by molar-refractivity contribution is 6.31. The molecule has 0 fully saturated rings. The van der Waals surface area contributed by atoms with Gasteiger partial charge in [-0.3, -0.25) is 0 Å². The molecule has 0 bridgehead atoms. The Morgan fingerprint density at radius 3 is 2.74 bits per heavy atom. The van der Waals surface area contributed by atoms with E-state index in [1.807, 2.05) is 31.2 Å². The fourth-order valence-electron chi connectivity index (χ4n) is 1.54. The fraction of sp³-hybridized carbons (Fsp3) is 0.571. The Kier molecular flexibility index (Phi) is 8.02. The van der Waals surface area contributed by atoms with Gasteiger partial charge in [-0.05, 0) is 24.1 Å². The first-order valence-electron chi connectivity index (χ1n) is 6.44. The van der Waals surface area contributed by atoms with Gasteiger partial charge >= 0.3 is 0 Å². The minimum absolute atomic E-state index is 0.145. The number of benzene rings is 1. The molecule has 2 atom stereocenters. The van der Waals surface area contributed by atoms with Gasteiger partial charge in [-0.1, -0.05) is 36.7 Å². The third kappa shape index (κ3) is 6.89. The topological polar surface area (TPSA) is 61.7 Å². The van der Waals surface area contributed by atoms with Crippen LogP contribution in [0.15, 0.2) is 24.3 Å². The average molecular weight is 288 g/mol. The van der Waals surface area contributed by atoms with Crippen molar-refractivity contribution in [1.82, 2.24) is 5.32 Å². The molecule has 0 heterocycles. The van der Waals surface area contributed by atoms with E-state index in [0.29, 0.717) is 24.7 Å². The van der Waals surface area contributed by atoms with Gasteiger partial charge in [-0.15, -0.1) is 0 Å². The maximum atomic E-state index is 9.70. The summed E-state index contributed by atoms with van der Waals surface area (Å²) in [5.41, 5.74) is 0.915. The summed E-state index contributed by atoms with van der Waals surface area (Å²) in [6.45, 7) is 3.86. The summed E-state index contributed by atoms with van der Waals surface area (Å²) in [7, 11) is 0. The Hall–Kier alpha value is -0.650. The molecule has 108 valence electrons. The van der Waals surface area contributed by atoms with Crippen LogP contribution in [-0.4, -0.2) is 42.6 Å². The Balaban J connectivity index is 2.13. The van der Waals surface area contributed by atoms with Crippen LogP contribution >= 0.6 is 11.6 Å². The number of hydrogen-bond donors (Lipinski definition) is 3. The molecule has 0 saturated carbocycles. The molecule has 2 unspecified atom stereocenters. The van der Waals surface area contributed by atoms with Crippen molar-refractivity contribution >= 4 is 11.6 Å². The van der Waals surface area contributed by atoms with Crippen LogP contribution in [0.25, 0.3) is 0 Å². The van der Waals surface area contributed by atoms with Crippen LogP contribution < -0.4 is 5.32 Å². The maximum absolute atomic E-state index is 9.70. The minimum Gasteiger partial charge on any atom is -0.396 e. The highest BCUT2D eigenvalue weighted by Gasteiger charge is 2.06. The lowest BCUT2D eigenvalue weighted by atomic mass is 10.2. The Morgan fingerprint density at radius 2 is 2.05 bits per heavy atom. The van der Waals surface area contributed by atoms with Crippen molar-refractivity contribution in [1.29, 1.82) is 0 Å². The molecule has 0 aliphatic heterocycles. The second kappa shape index (κ2) is 9.28. The van der Waals surface area contributed by atoms with Gasteiger partial charge in [0.05, 0.1) is 19.3 Å². The van der Waals surface area contributed by atoms with E-state index >= 15 is 0 Å². The molecule has 19 heavy (non-hydrogen) atoms. The van der Waals surface area contributed by atoms with Crippen molar-refractivity contribution in [2.24, 2.45) is 5.92 Å². The molecule has 0 aliphatic carbocycles. The SMILES string of the molecule is CC(CO)CNCC(O)COCc1ccccc1Cl. The highest BCUT2D eigenvalue weighted by Crippen LogP contribution is 2.15. The minimum atomic E-state index is -0.562. The van der Waals surface area contributed by atoms with Gasteiger partial charge in [0.2, 0.25) is 0 Å². The first-order chi connectivity index (χ1) is 9.13. The van der Waals surface area contributed by atoms with Gasteiger partial charge in [-0.25, -0.2) is 0 Å². The summed E-state index contributed by atoms with van der Waals surface area (Å²) < 4.78 is 5.42. The lowest BCUT2D eigenvalue weighted by Crippen LogP contribution is -2.33. The van der Waals surface area contributed by atoms with Gasteiger partial charge in [0, 0.05) is 18.2 Å². The number of ether oxygens (including phenoxy) is 1. The molecule has 0 amide bonds. The zero-order valence-corrected chi connectivity index (χ0v) is 11.9. The van der Waals surface area contributed by atoms with E-state index in [9.17, 15) is 5.11 Å². The molecule has 5 heteroatoms. The lowest BCUT2D eigenvalue weighted by Gasteiger charge is -2.14. The van der Waals surface area contributed by atoms with Crippen molar-refractivity contribution in [2.45, 2.75) is 19.6 Å². The standard InChI is InChI=1S/C14H22ClNO3/c1-11(8-17)6-16-7-13(18)10-19-9-12-4-2-3-5-14(12)15/h2-5,11,13,16-18H,6-10H2,1H3. The quantitative estimate of drug-likeness (QED) is 0.643. The van der Waals surface area contributed by atoms with E-state index in [4.69, 9.17) is 21.4 Å². The van der Waals surface area contributed by atoms with E-state index < -0.39 is 6.10 Å². The van der Waals surface area contributed by atoms with Gasteiger partial charge in [0.25, 0.3) is 0 Å². The molecular weight excluding hydrogens is 266 g/mol. The highest BCUT2D eigenvalue weighted by atomic mass is 35.5. The number of hydrogen-bond acceptors (Lipinski definition) is 4. The van der Waals surface area contributed by atoms with Gasteiger partial charge in [0.15, 0.2) is 0 Å². The number of nitrogens with one attached hydrogen (secondary N) is 1. The first-order valence-corrected chi connectivity index (χ1v) is 6.82. The van der Waals surface area contributed by atoms with Crippen LogP contribution in [-0.2, 0) is 11.3 Å². The van der Waals surface area contributed by atoms with Gasteiger partial charge in [0.1, 0.15) is 0 Å². The lowest BCUT2D eigenvalue weighted by molar-refractivity contribution is 0.0283. The van der Waals surface area contributed by atoms with E-state index in [1.165, 1.54) is 0 Å². The molecule has 1 aromatic carbocycles. The summed E-state index contributed by atoms with van der Waals surface area (Å²) in [4.78, 5) is 0. The molecule has 0 saturated heterocycles. The Morgan fingerprint density at radius 1 is 1.32 bits per heavy atom. The fourth-order valence-corrected chi connectivity index (χ4v) is 1.73. The summed E-state index contributed by atoms with van der Waals surface area (Å²) in [5, 5.41) is 22.3. The summed E-state index contributed by atoms with van der Waals surface area (Å²) in [6, 6.07) is 7.48. The molecule has 3 N–H and O–H groups in total. The molecular formula is C14H22ClNO3. The number of halogens is 1. The van der Waals surface area contributed by atoms with Crippen molar-refractivity contribution < 1.29 is 14.9 Å². The third-order valence-corrected chi connectivity index (χ3v) is 3.08. The van der Waals surface area contributed by atoms with Crippen LogP contribution in [0.2, 0.25) is 5.02 Å². The predicted octanol–water partition coefficient (Wildman–Crippen LogP) is 1.44. The molecule has 0 aliphatic rings. The van der Waals surface area contributed by atoms with Crippen LogP contribution in [0.5, 0.6) is 0 Å². The monoisotopic (exact) mass is 287 g/mol. The van der Waals surface area contributed by atoms with Gasteiger partial charge in [-0.2, -0.15) is 0 Å².